The van der Waals surface area contributed by atoms with Crippen molar-refractivity contribution >= 4 is 43.1 Å². The highest BCUT2D eigenvalue weighted by molar-refractivity contribution is 6.08. The van der Waals surface area contributed by atoms with Crippen LogP contribution < -0.4 is 0 Å². The highest BCUT2D eigenvalue weighted by Crippen LogP contribution is 2.43. The van der Waals surface area contributed by atoms with Crippen LogP contribution in [0.25, 0.3) is 87.6 Å². The first-order chi connectivity index (χ1) is 23.7. The molecule has 0 nitrogen and oxygen atoms in total. The van der Waals surface area contributed by atoms with Gasteiger partial charge < -0.3 is 0 Å². The van der Waals surface area contributed by atoms with E-state index < -0.39 is 0 Å². The zero-order chi connectivity index (χ0) is 31.3. The van der Waals surface area contributed by atoms with Crippen molar-refractivity contribution in [3.05, 3.63) is 180 Å². The molecule has 0 aromatic heterocycles. The van der Waals surface area contributed by atoms with Crippen molar-refractivity contribution in [3.8, 4) is 44.5 Å². The summed E-state index contributed by atoms with van der Waals surface area (Å²) >= 11 is 0. The van der Waals surface area contributed by atoms with Crippen LogP contribution in [0.4, 0.5) is 0 Å². The van der Waals surface area contributed by atoms with Crippen LogP contribution >= 0.6 is 0 Å². The molecule has 0 fully saturated rings. The van der Waals surface area contributed by atoms with Crippen molar-refractivity contribution in [2.24, 2.45) is 0 Å². The Labute approximate surface area is 279 Å². The predicted molar refractivity (Wildman–Crippen MR) is 204 cm³/mol. The van der Waals surface area contributed by atoms with E-state index in [1.807, 2.05) is 0 Å². The van der Waals surface area contributed by atoms with Crippen molar-refractivity contribution in [2.75, 3.05) is 0 Å². The Morgan fingerprint density at radius 3 is 1.12 bits per heavy atom. The maximum atomic E-state index is 2.42. The zero-order valence-electron chi connectivity index (χ0n) is 26.4. The van der Waals surface area contributed by atoms with Gasteiger partial charge in [-0.1, -0.05) is 115 Å². The fourth-order valence-electron chi connectivity index (χ4n) is 8.52. The lowest BCUT2D eigenvalue weighted by Gasteiger charge is -2.10. The lowest BCUT2D eigenvalue weighted by molar-refractivity contribution is 1.26. The molecule has 0 saturated heterocycles. The number of benzene rings is 9. The molecule has 2 aliphatic carbocycles. The summed E-state index contributed by atoms with van der Waals surface area (Å²) in [5, 5.41) is 10.3. The van der Waals surface area contributed by atoms with Gasteiger partial charge in [0.05, 0.1) is 0 Å². The maximum absolute atomic E-state index is 2.42. The monoisotopic (exact) mass is 606 g/mol. The first-order valence-corrected chi connectivity index (χ1v) is 17.0. The van der Waals surface area contributed by atoms with Gasteiger partial charge in [0.2, 0.25) is 0 Å². The summed E-state index contributed by atoms with van der Waals surface area (Å²) in [6, 6.07) is 59.6. The summed E-state index contributed by atoms with van der Waals surface area (Å²) < 4.78 is 0. The molecule has 9 aromatic carbocycles. The topological polar surface area (TPSA) is 0 Å². The van der Waals surface area contributed by atoms with Gasteiger partial charge in [0.1, 0.15) is 0 Å². The standard InChI is InChI=1S/C48H30/c1-2-6-30-18-39-27-41-25-37-19-31(9-10-35(37)20-40(41)26-38(39)17-29(30)5-1)32-12-15-47-43(22-32)28-44-23-34(13-16-48(44)47)33-11-14-46-42(21-33)24-36-7-3-4-8-45(36)46/h1-23,25-27H,24,28H2. The molecule has 0 radical (unpaired) electrons. The molecule has 0 saturated carbocycles. The SMILES string of the molecule is c1ccc2c(c1)Cc1cc(-c3ccc4c(c3)Cc3cc(-c5ccc6cc7cc8cc9ccccc9cc8cc7cc6c5)ccc3-4)ccc1-2. The lowest BCUT2D eigenvalue weighted by atomic mass is 9.94. The van der Waals surface area contributed by atoms with Crippen LogP contribution in [-0.2, 0) is 12.8 Å². The smallest absolute Gasteiger partial charge is 0.00130 e. The van der Waals surface area contributed by atoms with Crippen molar-refractivity contribution < 1.29 is 0 Å². The van der Waals surface area contributed by atoms with E-state index in [4.69, 9.17) is 0 Å². The van der Waals surface area contributed by atoms with Crippen molar-refractivity contribution in [2.45, 2.75) is 12.8 Å². The van der Waals surface area contributed by atoms with E-state index in [1.165, 1.54) is 110 Å². The van der Waals surface area contributed by atoms with E-state index in [9.17, 15) is 0 Å². The van der Waals surface area contributed by atoms with E-state index in [1.54, 1.807) is 0 Å². The number of hydrogen-bond acceptors (Lipinski definition) is 0. The first-order valence-electron chi connectivity index (χ1n) is 17.0. The predicted octanol–water partition coefficient (Wildman–Crippen LogP) is 12.8. The van der Waals surface area contributed by atoms with Gasteiger partial charge >= 0.3 is 0 Å². The molecule has 48 heavy (non-hydrogen) atoms. The van der Waals surface area contributed by atoms with Crippen molar-refractivity contribution in [1.82, 2.24) is 0 Å². The van der Waals surface area contributed by atoms with Gasteiger partial charge in [-0.25, -0.2) is 0 Å². The van der Waals surface area contributed by atoms with Crippen LogP contribution in [0.1, 0.15) is 22.3 Å². The second-order valence-electron chi connectivity index (χ2n) is 13.8. The molecule has 2 aliphatic rings. The molecule has 9 aromatic rings. The largest absolute Gasteiger partial charge is 0.0619 e. The van der Waals surface area contributed by atoms with E-state index in [-0.39, 0.29) is 0 Å². The number of fused-ring (bicyclic) bond motifs is 10. The molecule has 0 spiro atoms. The van der Waals surface area contributed by atoms with E-state index >= 15 is 0 Å². The average Bonchev–Trinajstić information content (AvgIpc) is 3.69. The third-order valence-corrected chi connectivity index (χ3v) is 11.0. The molecule has 0 atom stereocenters. The second kappa shape index (κ2) is 9.77. The Morgan fingerprint density at radius 2 is 0.583 bits per heavy atom. The quantitative estimate of drug-likeness (QED) is 0.172. The normalized spacial score (nSPS) is 12.8. The van der Waals surface area contributed by atoms with Crippen molar-refractivity contribution in [3.63, 3.8) is 0 Å². The van der Waals surface area contributed by atoms with E-state index in [0.29, 0.717) is 0 Å². The Morgan fingerprint density at radius 1 is 0.229 bits per heavy atom. The van der Waals surface area contributed by atoms with Gasteiger partial charge in [-0.15, -0.1) is 0 Å². The summed E-state index contributed by atoms with van der Waals surface area (Å²) in [5.74, 6) is 0. The molecular formula is C48H30. The zero-order valence-corrected chi connectivity index (χ0v) is 26.4. The highest BCUT2D eigenvalue weighted by Gasteiger charge is 2.21. The minimum atomic E-state index is 0.975. The number of hydrogen-bond donors (Lipinski definition) is 0. The first kappa shape index (κ1) is 26.1. The van der Waals surface area contributed by atoms with Gasteiger partial charge in [-0.3, -0.25) is 0 Å². The van der Waals surface area contributed by atoms with Gasteiger partial charge in [0, 0.05) is 0 Å². The third-order valence-electron chi connectivity index (χ3n) is 11.0. The van der Waals surface area contributed by atoms with Crippen LogP contribution in [-0.4, -0.2) is 0 Å². The lowest BCUT2D eigenvalue weighted by Crippen LogP contribution is -1.86. The highest BCUT2D eigenvalue weighted by atomic mass is 14.3. The van der Waals surface area contributed by atoms with Crippen LogP contribution in [0.3, 0.4) is 0 Å². The van der Waals surface area contributed by atoms with E-state index in [0.717, 1.165) is 12.8 Å². The maximum Gasteiger partial charge on any atom is -0.00130 e. The Bertz CT molecular complexity index is 2830. The fraction of sp³-hybridized carbons (Fsp3) is 0.0417. The van der Waals surface area contributed by atoms with Crippen LogP contribution in [0.15, 0.2) is 158 Å². The molecule has 0 heterocycles. The molecule has 0 unspecified atom stereocenters. The molecule has 0 heteroatoms. The van der Waals surface area contributed by atoms with Gasteiger partial charge in [0.25, 0.3) is 0 Å². The molecule has 0 N–H and O–H groups in total. The Balaban J connectivity index is 0.920. The number of rotatable bonds is 2. The Hall–Kier alpha value is -5.98. The minimum Gasteiger partial charge on any atom is -0.0619 e. The van der Waals surface area contributed by atoms with Crippen LogP contribution in [0, 0.1) is 0 Å². The van der Waals surface area contributed by atoms with Gasteiger partial charge in [0.15, 0.2) is 0 Å². The molecule has 11 rings (SSSR count). The summed E-state index contributed by atoms with van der Waals surface area (Å²) in [7, 11) is 0. The van der Waals surface area contributed by atoms with E-state index in [2.05, 4.69) is 158 Å². The molecule has 0 bridgehead atoms. The second-order valence-corrected chi connectivity index (χ2v) is 13.8. The molecule has 0 aliphatic heterocycles. The van der Waals surface area contributed by atoms with Crippen LogP contribution in [0.5, 0.6) is 0 Å². The fourth-order valence-corrected chi connectivity index (χ4v) is 8.52. The summed E-state index contributed by atoms with van der Waals surface area (Å²) in [6.45, 7) is 0. The van der Waals surface area contributed by atoms with Gasteiger partial charge in [-0.2, -0.15) is 0 Å². The minimum absolute atomic E-state index is 0.975. The summed E-state index contributed by atoms with van der Waals surface area (Å²) in [5.41, 5.74) is 16.4. The van der Waals surface area contributed by atoms with Crippen molar-refractivity contribution in [1.29, 1.82) is 0 Å². The van der Waals surface area contributed by atoms with Gasteiger partial charge in [-0.05, 0) is 165 Å². The molecular weight excluding hydrogens is 577 g/mol. The van der Waals surface area contributed by atoms with Crippen LogP contribution in [0.2, 0.25) is 0 Å². The summed E-state index contributed by atoms with van der Waals surface area (Å²) in [4.78, 5) is 0. The Kier molecular flexibility index (Phi) is 5.32. The third kappa shape index (κ3) is 3.96. The average molecular weight is 607 g/mol. The summed E-state index contributed by atoms with van der Waals surface area (Å²) in [6.07, 6.45) is 2.00. The molecule has 222 valence electrons. The molecule has 0 amide bonds.